The minimum absolute atomic E-state index is 0.0871. The van der Waals surface area contributed by atoms with Gasteiger partial charge >= 0.3 is 0 Å². The van der Waals surface area contributed by atoms with Crippen LogP contribution in [0.15, 0.2) is 12.4 Å². The Labute approximate surface area is 108 Å². The average Bonchev–Trinajstić information content (AvgIpc) is 2.34. The van der Waals surface area contributed by atoms with Gasteiger partial charge in [0.25, 0.3) is 5.91 Å². The first kappa shape index (κ1) is 14.6. The van der Waals surface area contributed by atoms with Crippen molar-refractivity contribution in [1.29, 1.82) is 0 Å². The lowest BCUT2D eigenvalue weighted by Gasteiger charge is -2.21. The highest BCUT2D eigenvalue weighted by Crippen LogP contribution is 2.20. The first-order valence-electron chi connectivity index (χ1n) is 6.12. The zero-order valence-corrected chi connectivity index (χ0v) is 11.2. The molecule has 0 aliphatic heterocycles. The van der Waals surface area contributed by atoms with Crippen LogP contribution < -0.4 is 5.32 Å². The van der Waals surface area contributed by atoms with Crippen LogP contribution in [0.3, 0.4) is 0 Å². The summed E-state index contributed by atoms with van der Waals surface area (Å²) in [5.74, 6) is -0.178. The van der Waals surface area contributed by atoms with E-state index >= 15 is 0 Å². The highest BCUT2D eigenvalue weighted by atomic mass is 16.3. The largest absolute Gasteiger partial charge is 0.396 e. The Morgan fingerprint density at radius 1 is 1.44 bits per heavy atom. The fourth-order valence-electron chi connectivity index (χ4n) is 1.52. The van der Waals surface area contributed by atoms with Crippen molar-refractivity contribution in [3.8, 4) is 0 Å². The van der Waals surface area contributed by atoms with Crippen LogP contribution in [0, 0.1) is 12.3 Å². The fraction of sp³-hybridized carbons (Fsp3) is 0.615. The highest BCUT2D eigenvalue weighted by molar-refractivity contribution is 5.92. The van der Waals surface area contributed by atoms with Crippen molar-refractivity contribution in [1.82, 2.24) is 15.3 Å². The van der Waals surface area contributed by atoms with Gasteiger partial charge in [-0.2, -0.15) is 0 Å². The van der Waals surface area contributed by atoms with Crippen LogP contribution in [0.1, 0.15) is 42.9 Å². The van der Waals surface area contributed by atoms with E-state index in [1.54, 1.807) is 6.07 Å². The molecule has 1 amide bonds. The van der Waals surface area contributed by atoms with E-state index in [-0.39, 0.29) is 17.9 Å². The Hall–Kier alpha value is -1.49. The summed E-state index contributed by atoms with van der Waals surface area (Å²) in [7, 11) is 0. The van der Waals surface area contributed by atoms with Gasteiger partial charge in [-0.15, -0.1) is 0 Å². The molecule has 2 N–H and O–H groups in total. The van der Waals surface area contributed by atoms with E-state index in [0.717, 1.165) is 18.5 Å². The summed E-state index contributed by atoms with van der Waals surface area (Å²) < 4.78 is 0. The van der Waals surface area contributed by atoms with Crippen molar-refractivity contribution in [3.05, 3.63) is 23.8 Å². The topological polar surface area (TPSA) is 75.1 Å². The number of aliphatic hydroxyl groups is 1. The molecule has 0 atom stereocenters. The van der Waals surface area contributed by atoms with Gasteiger partial charge in [0.15, 0.2) is 0 Å². The zero-order chi connectivity index (χ0) is 13.6. The van der Waals surface area contributed by atoms with E-state index in [0.29, 0.717) is 12.2 Å². The van der Waals surface area contributed by atoms with Crippen LogP contribution in [-0.4, -0.2) is 34.1 Å². The molecule has 5 nitrogen and oxygen atoms in total. The van der Waals surface area contributed by atoms with Gasteiger partial charge in [-0.3, -0.25) is 4.79 Å². The molecule has 0 spiro atoms. The predicted molar refractivity (Wildman–Crippen MR) is 69.2 cm³/mol. The second kappa shape index (κ2) is 6.44. The number of rotatable bonds is 6. The normalized spacial score (nSPS) is 11.3. The summed E-state index contributed by atoms with van der Waals surface area (Å²) in [6, 6.07) is 1.66. The van der Waals surface area contributed by atoms with Gasteiger partial charge in [0.1, 0.15) is 12.0 Å². The van der Waals surface area contributed by atoms with E-state index in [9.17, 15) is 4.79 Å². The van der Waals surface area contributed by atoms with Crippen LogP contribution in [0.4, 0.5) is 0 Å². The van der Waals surface area contributed by atoms with Gasteiger partial charge in [0.2, 0.25) is 0 Å². The highest BCUT2D eigenvalue weighted by Gasteiger charge is 2.15. The fourth-order valence-corrected chi connectivity index (χ4v) is 1.52. The van der Waals surface area contributed by atoms with Crippen molar-refractivity contribution >= 4 is 5.91 Å². The number of aliphatic hydroxyl groups excluding tert-OH is 1. The SMILES string of the molecule is Cc1cc(C(=O)NCCCC(C)(C)CO)ncn1. The second-order valence-corrected chi connectivity index (χ2v) is 5.23. The molecule has 0 aliphatic rings. The summed E-state index contributed by atoms with van der Waals surface area (Å²) in [5.41, 5.74) is 1.08. The van der Waals surface area contributed by atoms with Crippen LogP contribution in [0.2, 0.25) is 0 Å². The summed E-state index contributed by atoms with van der Waals surface area (Å²) >= 11 is 0. The number of nitrogens with one attached hydrogen (secondary N) is 1. The zero-order valence-electron chi connectivity index (χ0n) is 11.2. The maximum Gasteiger partial charge on any atom is 0.270 e. The number of hydrogen-bond donors (Lipinski definition) is 2. The van der Waals surface area contributed by atoms with E-state index in [2.05, 4.69) is 15.3 Å². The Morgan fingerprint density at radius 2 is 2.17 bits per heavy atom. The molecular weight excluding hydrogens is 230 g/mol. The molecule has 1 heterocycles. The summed E-state index contributed by atoms with van der Waals surface area (Å²) in [5, 5.41) is 11.9. The molecule has 5 heteroatoms. The summed E-state index contributed by atoms with van der Waals surface area (Å²) in [6.45, 7) is 6.57. The van der Waals surface area contributed by atoms with Crippen LogP contribution in [0.25, 0.3) is 0 Å². The third-order valence-electron chi connectivity index (χ3n) is 2.78. The van der Waals surface area contributed by atoms with Crippen LogP contribution in [0.5, 0.6) is 0 Å². The quantitative estimate of drug-likeness (QED) is 0.748. The monoisotopic (exact) mass is 251 g/mol. The van der Waals surface area contributed by atoms with Gasteiger partial charge in [-0.25, -0.2) is 9.97 Å². The molecule has 0 fully saturated rings. The van der Waals surface area contributed by atoms with E-state index in [1.807, 2.05) is 20.8 Å². The third kappa shape index (κ3) is 4.79. The van der Waals surface area contributed by atoms with E-state index < -0.39 is 0 Å². The lowest BCUT2D eigenvalue weighted by molar-refractivity contribution is 0.0943. The lowest BCUT2D eigenvalue weighted by Crippen LogP contribution is -2.27. The van der Waals surface area contributed by atoms with Gasteiger partial charge in [0, 0.05) is 18.8 Å². The molecule has 1 aromatic rings. The number of carbonyl (C=O) groups excluding carboxylic acids is 1. The van der Waals surface area contributed by atoms with Gasteiger partial charge < -0.3 is 10.4 Å². The van der Waals surface area contributed by atoms with Crippen molar-refractivity contribution in [2.45, 2.75) is 33.6 Å². The molecule has 0 bridgehead atoms. The molecule has 1 aromatic heterocycles. The van der Waals surface area contributed by atoms with Crippen LogP contribution in [-0.2, 0) is 0 Å². The summed E-state index contributed by atoms with van der Waals surface area (Å²) in [4.78, 5) is 19.6. The Morgan fingerprint density at radius 3 is 2.78 bits per heavy atom. The van der Waals surface area contributed by atoms with Crippen molar-refractivity contribution < 1.29 is 9.90 Å². The number of aryl methyl sites for hydroxylation is 1. The molecule has 0 radical (unpaired) electrons. The number of hydrogen-bond acceptors (Lipinski definition) is 4. The first-order valence-corrected chi connectivity index (χ1v) is 6.12. The molecule has 18 heavy (non-hydrogen) atoms. The predicted octanol–water partition coefficient (Wildman–Crippen LogP) is 1.31. The minimum atomic E-state index is -0.178. The van der Waals surface area contributed by atoms with Crippen molar-refractivity contribution in [3.63, 3.8) is 0 Å². The number of nitrogens with zero attached hydrogens (tertiary/aromatic N) is 2. The molecule has 0 unspecified atom stereocenters. The molecule has 0 saturated carbocycles. The maximum absolute atomic E-state index is 11.7. The lowest BCUT2D eigenvalue weighted by atomic mass is 9.89. The van der Waals surface area contributed by atoms with E-state index in [1.165, 1.54) is 6.33 Å². The third-order valence-corrected chi connectivity index (χ3v) is 2.78. The van der Waals surface area contributed by atoms with Crippen molar-refractivity contribution in [2.24, 2.45) is 5.41 Å². The molecule has 0 aliphatic carbocycles. The standard InChI is InChI=1S/C13H21N3O2/c1-10-7-11(16-9-15-10)12(18)14-6-4-5-13(2,3)8-17/h7,9,17H,4-6,8H2,1-3H3,(H,14,18). The molecular formula is C13H21N3O2. The molecule has 1 rings (SSSR count). The van der Waals surface area contributed by atoms with Crippen LogP contribution >= 0.6 is 0 Å². The first-order chi connectivity index (χ1) is 8.44. The van der Waals surface area contributed by atoms with Gasteiger partial charge in [-0.05, 0) is 31.2 Å². The maximum atomic E-state index is 11.7. The minimum Gasteiger partial charge on any atom is -0.396 e. The number of aromatic nitrogens is 2. The Bertz CT molecular complexity index is 405. The number of amides is 1. The van der Waals surface area contributed by atoms with Gasteiger partial charge in [0.05, 0.1) is 0 Å². The molecule has 0 saturated heterocycles. The second-order valence-electron chi connectivity index (χ2n) is 5.23. The van der Waals surface area contributed by atoms with Gasteiger partial charge in [-0.1, -0.05) is 13.8 Å². The molecule has 0 aromatic carbocycles. The van der Waals surface area contributed by atoms with E-state index in [4.69, 9.17) is 5.11 Å². The Kier molecular flexibility index (Phi) is 5.22. The Balaban J connectivity index is 2.34. The number of carbonyl (C=O) groups is 1. The average molecular weight is 251 g/mol. The smallest absolute Gasteiger partial charge is 0.270 e. The summed E-state index contributed by atoms with van der Waals surface area (Å²) in [6.07, 6.45) is 3.09. The molecule has 100 valence electrons. The van der Waals surface area contributed by atoms with Crippen molar-refractivity contribution in [2.75, 3.05) is 13.2 Å².